The van der Waals surface area contributed by atoms with Crippen molar-refractivity contribution in [3.8, 4) is 0 Å². The lowest BCUT2D eigenvalue weighted by molar-refractivity contribution is 0.0202. The van der Waals surface area contributed by atoms with E-state index in [1.54, 1.807) is 7.05 Å². The van der Waals surface area contributed by atoms with Gasteiger partial charge in [0.05, 0.1) is 18.5 Å². The zero-order valence-corrected chi connectivity index (χ0v) is 14.3. The van der Waals surface area contributed by atoms with Crippen molar-refractivity contribution < 1.29 is 17.5 Å². The molecule has 0 aliphatic carbocycles. The van der Waals surface area contributed by atoms with E-state index in [1.165, 1.54) is 34.1 Å². The molecule has 2 aromatic rings. The van der Waals surface area contributed by atoms with E-state index in [0.717, 1.165) is 5.56 Å². The summed E-state index contributed by atoms with van der Waals surface area (Å²) in [6.45, 7) is 0.810. The molecule has 1 unspecified atom stereocenters. The summed E-state index contributed by atoms with van der Waals surface area (Å²) in [5.74, 6) is -0.522. The first kappa shape index (κ1) is 17.1. The van der Waals surface area contributed by atoms with Gasteiger partial charge in [-0.05, 0) is 28.8 Å². The van der Waals surface area contributed by atoms with Crippen LogP contribution < -0.4 is 0 Å². The summed E-state index contributed by atoms with van der Waals surface area (Å²) in [6, 6.07) is 13.6. The van der Waals surface area contributed by atoms with Crippen molar-refractivity contribution in [1.82, 2.24) is 4.31 Å². The van der Waals surface area contributed by atoms with Crippen molar-refractivity contribution >= 4 is 10.0 Å². The van der Waals surface area contributed by atoms with Crippen LogP contribution in [0.15, 0.2) is 48.5 Å². The van der Waals surface area contributed by atoms with Crippen LogP contribution >= 0.6 is 0 Å². The van der Waals surface area contributed by atoms with E-state index >= 15 is 0 Å². The standard InChI is InChI=1S/C18H20FNO3S/c1-20(24(21,22)13-14-6-8-17(19)9-7-14)11-18-10-15-4-2-3-5-16(15)12-23-18/h2-9,18H,10-13H2,1H3. The van der Waals surface area contributed by atoms with Crippen molar-refractivity contribution in [1.29, 1.82) is 0 Å². The third-order valence-electron chi connectivity index (χ3n) is 4.24. The molecule has 0 bridgehead atoms. The Kier molecular flexibility index (Phi) is 4.99. The maximum absolute atomic E-state index is 12.9. The topological polar surface area (TPSA) is 46.6 Å². The maximum atomic E-state index is 12.9. The highest BCUT2D eigenvalue weighted by molar-refractivity contribution is 7.88. The molecule has 0 radical (unpaired) electrons. The lowest BCUT2D eigenvalue weighted by Gasteiger charge is -2.28. The Morgan fingerprint density at radius 2 is 1.79 bits per heavy atom. The molecule has 1 aliphatic heterocycles. The zero-order valence-electron chi connectivity index (χ0n) is 13.5. The van der Waals surface area contributed by atoms with Gasteiger partial charge in [0.15, 0.2) is 0 Å². The van der Waals surface area contributed by atoms with Crippen LogP contribution in [0, 0.1) is 5.82 Å². The first-order chi connectivity index (χ1) is 11.4. The number of halogens is 1. The van der Waals surface area contributed by atoms with Crippen molar-refractivity contribution in [3.63, 3.8) is 0 Å². The Bertz CT molecular complexity index is 805. The van der Waals surface area contributed by atoms with Crippen LogP contribution in [0.3, 0.4) is 0 Å². The molecule has 128 valence electrons. The summed E-state index contributed by atoms with van der Waals surface area (Å²) < 4.78 is 45.0. The van der Waals surface area contributed by atoms with Gasteiger partial charge in [-0.3, -0.25) is 0 Å². The van der Waals surface area contributed by atoms with Crippen LogP contribution in [0.25, 0.3) is 0 Å². The van der Waals surface area contributed by atoms with Gasteiger partial charge in [-0.25, -0.2) is 17.1 Å². The Hall–Kier alpha value is -1.76. The van der Waals surface area contributed by atoms with E-state index < -0.39 is 10.0 Å². The first-order valence-electron chi connectivity index (χ1n) is 7.81. The number of hydrogen-bond donors (Lipinski definition) is 0. The Morgan fingerprint density at radius 3 is 2.50 bits per heavy atom. The number of ether oxygens (including phenoxy) is 1. The molecule has 0 spiro atoms. The molecular formula is C18H20FNO3S. The molecule has 3 rings (SSSR count). The number of likely N-dealkylation sites (N-methyl/N-ethyl adjacent to an activating group) is 1. The number of hydrogen-bond acceptors (Lipinski definition) is 3. The average Bonchev–Trinajstić information content (AvgIpc) is 2.56. The molecule has 0 aromatic heterocycles. The van der Waals surface area contributed by atoms with Crippen LogP contribution in [0.5, 0.6) is 0 Å². The largest absolute Gasteiger partial charge is 0.372 e. The molecule has 2 aromatic carbocycles. The fourth-order valence-electron chi connectivity index (χ4n) is 2.83. The fourth-order valence-corrected chi connectivity index (χ4v) is 4.06. The minimum absolute atomic E-state index is 0.146. The van der Waals surface area contributed by atoms with Gasteiger partial charge in [0, 0.05) is 20.0 Å². The van der Waals surface area contributed by atoms with Gasteiger partial charge in [-0.2, -0.15) is 0 Å². The normalized spacial score (nSPS) is 17.7. The SMILES string of the molecule is CN(CC1Cc2ccccc2CO1)S(=O)(=O)Cc1ccc(F)cc1. The number of nitrogens with zero attached hydrogens (tertiary/aromatic N) is 1. The lowest BCUT2D eigenvalue weighted by Crippen LogP contribution is -2.38. The first-order valence-corrected chi connectivity index (χ1v) is 9.42. The number of benzene rings is 2. The van der Waals surface area contributed by atoms with E-state index in [4.69, 9.17) is 4.74 Å². The predicted molar refractivity (Wildman–Crippen MR) is 90.4 cm³/mol. The van der Waals surface area contributed by atoms with Crippen molar-refractivity contribution in [2.75, 3.05) is 13.6 Å². The van der Waals surface area contributed by atoms with Gasteiger partial charge in [-0.1, -0.05) is 36.4 Å². The number of rotatable bonds is 5. The van der Waals surface area contributed by atoms with Gasteiger partial charge >= 0.3 is 0 Å². The average molecular weight is 349 g/mol. The number of fused-ring (bicyclic) bond motifs is 1. The highest BCUT2D eigenvalue weighted by Gasteiger charge is 2.25. The van der Waals surface area contributed by atoms with Gasteiger partial charge < -0.3 is 4.74 Å². The zero-order chi connectivity index (χ0) is 17.2. The summed E-state index contributed by atoms with van der Waals surface area (Å²) >= 11 is 0. The Labute approximate surface area is 141 Å². The Morgan fingerprint density at radius 1 is 1.12 bits per heavy atom. The quantitative estimate of drug-likeness (QED) is 0.834. The van der Waals surface area contributed by atoms with E-state index in [2.05, 4.69) is 6.07 Å². The second kappa shape index (κ2) is 7.01. The highest BCUT2D eigenvalue weighted by atomic mass is 32.2. The van der Waals surface area contributed by atoms with Crippen LogP contribution in [0.1, 0.15) is 16.7 Å². The van der Waals surface area contributed by atoms with Crippen LogP contribution in [-0.2, 0) is 33.5 Å². The summed E-state index contributed by atoms with van der Waals surface area (Å²) in [5, 5.41) is 0. The molecule has 0 amide bonds. The molecule has 1 heterocycles. The van der Waals surface area contributed by atoms with Gasteiger partial charge in [-0.15, -0.1) is 0 Å². The summed E-state index contributed by atoms with van der Waals surface area (Å²) in [7, 11) is -1.91. The molecule has 0 N–H and O–H groups in total. The maximum Gasteiger partial charge on any atom is 0.218 e. The smallest absolute Gasteiger partial charge is 0.218 e. The lowest BCUT2D eigenvalue weighted by atomic mass is 9.99. The minimum atomic E-state index is -3.47. The molecule has 0 saturated carbocycles. The minimum Gasteiger partial charge on any atom is -0.372 e. The van der Waals surface area contributed by atoms with Crippen LogP contribution in [-0.4, -0.2) is 32.4 Å². The second-order valence-corrected chi connectivity index (χ2v) is 8.14. The third kappa shape index (κ3) is 4.01. The second-order valence-electron chi connectivity index (χ2n) is 6.07. The van der Waals surface area contributed by atoms with Gasteiger partial charge in [0.1, 0.15) is 5.82 Å². The van der Waals surface area contributed by atoms with E-state index in [9.17, 15) is 12.8 Å². The van der Waals surface area contributed by atoms with E-state index in [1.807, 2.05) is 18.2 Å². The molecular weight excluding hydrogens is 329 g/mol. The molecule has 1 atom stereocenters. The summed E-state index contributed by atoms with van der Waals surface area (Å²) in [5.41, 5.74) is 2.93. The van der Waals surface area contributed by atoms with E-state index in [-0.39, 0.29) is 17.7 Å². The van der Waals surface area contributed by atoms with Gasteiger partial charge in [0.25, 0.3) is 0 Å². The Balaban J connectivity index is 1.64. The molecule has 0 fully saturated rings. The molecule has 0 saturated heterocycles. The van der Waals surface area contributed by atoms with Crippen LogP contribution in [0.4, 0.5) is 4.39 Å². The molecule has 1 aliphatic rings. The predicted octanol–water partition coefficient (Wildman–Crippen LogP) is 2.73. The van der Waals surface area contributed by atoms with Crippen molar-refractivity contribution in [2.45, 2.75) is 24.9 Å². The summed E-state index contributed by atoms with van der Waals surface area (Å²) in [4.78, 5) is 0. The van der Waals surface area contributed by atoms with E-state index in [0.29, 0.717) is 25.1 Å². The molecule has 24 heavy (non-hydrogen) atoms. The third-order valence-corrected chi connectivity index (χ3v) is 6.04. The monoisotopic (exact) mass is 349 g/mol. The molecule has 4 nitrogen and oxygen atoms in total. The van der Waals surface area contributed by atoms with Crippen LogP contribution in [0.2, 0.25) is 0 Å². The van der Waals surface area contributed by atoms with Crippen molar-refractivity contribution in [3.05, 3.63) is 71.0 Å². The molecule has 6 heteroatoms. The van der Waals surface area contributed by atoms with Gasteiger partial charge in [0.2, 0.25) is 10.0 Å². The highest BCUT2D eigenvalue weighted by Crippen LogP contribution is 2.21. The summed E-state index contributed by atoms with van der Waals surface area (Å²) in [6.07, 6.45) is 0.542. The van der Waals surface area contributed by atoms with Crippen molar-refractivity contribution in [2.24, 2.45) is 0 Å². The number of sulfonamides is 1. The fraction of sp³-hybridized carbons (Fsp3) is 0.333.